The number of thioether (sulfide) groups is 1. The molecule has 0 aliphatic carbocycles. The van der Waals surface area contributed by atoms with Crippen LogP contribution >= 0.6 is 11.8 Å². The lowest BCUT2D eigenvalue weighted by Gasteiger charge is -2.46. The number of likely N-dealkylation sites (tertiary alicyclic amines) is 1. The molecule has 4 aliphatic heterocycles. The highest BCUT2D eigenvalue weighted by atomic mass is 32.2. The van der Waals surface area contributed by atoms with Crippen molar-refractivity contribution >= 4 is 41.1 Å². The second-order valence-corrected chi connectivity index (χ2v) is 14.9. The third kappa shape index (κ3) is 6.91. The fourth-order valence-electron chi connectivity index (χ4n) is 7.60. The van der Waals surface area contributed by atoms with Crippen molar-refractivity contribution in [2.75, 3.05) is 24.6 Å². The number of esters is 1. The Hall–Kier alpha value is -5.49. The summed E-state index contributed by atoms with van der Waals surface area (Å²) in [6, 6.07) is 10.7. The lowest BCUT2D eigenvalue weighted by atomic mass is 9.79. The van der Waals surface area contributed by atoms with Crippen LogP contribution in [0.3, 0.4) is 0 Å². The monoisotopic (exact) mass is 747 g/mol. The van der Waals surface area contributed by atoms with E-state index in [0.29, 0.717) is 29.0 Å². The van der Waals surface area contributed by atoms with Gasteiger partial charge >= 0.3 is 12.1 Å². The van der Waals surface area contributed by atoms with Crippen molar-refractivity contribution < 1.29 is 38.8 Å². The number of carbonyl (C=O) groups excluding carboxylic acids is 3. The molecule has 0 radical (unpaired) electrons. The highest BCUT2D eigenvalue weighted by molar-refractivity contribution is 8.03. The molecule has 7 rings (SSSR count). The predicted octanol–water partition coefficient (Wildman–Crippen LogP) is 3.52. The first-order valence-corrected chi connectivity index (χ1v) is 18.1. The van der Waals surface area contributed by atoms with Crippen LogP contribution in [0.5, 0.6) is 0 Å². The number of fused-ring (bicyclic) bond motifs is 2. The number of β-lactam (4-membered cyclic amide) rings is 1. The van der Waals surface area contributed by atoms with Crippen molar-refractivity contribution in [3.8, 4) is 0 Å². The molecule has 0 saturated carbocycles. The van der Waals surface area contributed by atoms with Crippen LogP contribution < -0.4 is 5.01 Å². The van der Waals surface area contributed by atoms with Crippen molar-refractivity contribution in [1.82, 2.24) is 19.5 Å². The van der Waals surface area contributed by atoms with Crippen LogP contribution in [0.25, 0.3) is 0 Å². The number of nitro groups is 2. The second-order valence-electron chi connectivity index (χ2n) is 13.6. The Morgan fingerprint density at radius 2 is 1.64 bits per heavy atom. The quantitative estimate of drug-likeness (QED) is 0.122. The summed E-state index contributed by atoms with van der Waals surface area (Å²) in [6.07, 6.45) is 3.42. The maximum atomic E-state index is 13.8. The van der Waals surface area contributed by atoms with Gasteiger partial charge in [0.25, 0.3) is 11.4 Å². The summed E-state index contributed by atoms with van der Waals surface area (Å²) in [5.41, 5.74) is 1.06. The minimum atomic E-state index is -0.932. The first kappa shape index (κ1) is 35.9. The van der Waals surface area contributed by atoms with Gasteiger partial charge in [-0.25, -0.2) is 19.2 Å². The Bertz CT molecular complexity index is 1970. The zero-order valence-electron chi connectivity index (χ0n) is 28.8. The zero-order chi connectivity index (χ0) is 37.6. The number of imidazole rings is 1. The van der Waals surface area contributed by atoms with Gasteiger partial charge in [0.2, 0.25) is 5.91 Å². The Kier molecular flexibility index (Phi) is 9.82. The van der Waals surface area contributed by atoms with Crippen molar-refractivity contribution in [2.45, 2.75) is 63.3 Å². The van der Waals surface area contributed by atoms with Gasteiger partial charge in [0.05, 0.1) is 40.5 Å². The number of nitro benzene ring substituents is 2. The van der Waals surface area contributed by atoms with Gasteiger partial charge in [0.1, 0.15) is 24.7 Å². The smallest absolute Gasteiger partial charge is 0.410 e. The molecule has 2 saturated heterocycles. The summed E-state index contributed by atoms with van der Waals surface area (Å²) in [7, 11) is 0. The summed E-state index contributed by atoms with van der Waals surface area (Å²) in [6.45, 7) is 4.68. The van der Waals surface area contributed by atoms with E-state index in [-0.39, 0.29) is 59.9 Å². The SMILES string of the molecule is C[C@@H](O)[C@H]1C(=O)N2C(C(=O)OCc3ccc([N+](=O)[O-])cc3)=C(S[C@H]3C[C@@H](CN4CCc5nccn54)N(C(=O)OCc4ccc([N+](=O)[O-])cc4)C3)[C@H](C)[C@H]12. The summed E-state index contributed by atoms with van der Waals surface area (Å²) in [5.74, 6) is -1.18. The number of carbonyl (C=O) groups is 3. The van der Waals surface area contributed by atoms with E-state index in [1.54, 1.807) is 18.0 Å². The van der Waals surface area contributed by atoms with Gasteiger partial charge in [0.15, 0.2) is 0 Å². The van der Waals surface area contributed by atoms with Crippen molar-refractivity contribution in [3.05, 3.63) is 109 Å². The maximum Gasteiger partial charge on any atom is 0.410 e. The minimum absolute atomic E-state index is 0.0692. The normalized spacial score (nSPS) is 23.8. The van der Waals surface area contributed by atoms with Gasteiger partial charge in [-0.15, -0.1) is 11.8 Å². The summed E-state index contributed by atoms with van der Waals surface area (Å²) < 4.78 is 13.4. The number of aliphatic hydroxyl groups excluding tert-OH is 1. The maximum absolute atomic E-state index is 13.8. The fourth-order valence-corrected chi connectivity index (χ4v) is 9.16. The molecule has 3 aromatic rings. The standard InChI is InChI=1S/C35H37N7O10S/c1-20-30-29(21(2)43)33(44)40(30)31(34(45)51-18-22-3-7-24(8-4-22)41(47)48)32(20)53-27-15-26(16-37-13-11-28-36-12-14-39(28)37)38(17-27)35(46)52-19-23-5-9-25(10-6-23)42(49)50/h3-10,12,14,20-21,26-27,29-30,43H,11,13,15-19H2,1-2H3/t20-,21-,26+,27+,29-,30-/m1/s1. The third-order valence-electron chi connectivity index (χ3n) is 10.2. The Balaban J connectivity index is 1.11. The number of ether oxygens (including phenoxy) is 2. The third-order valence-corrected chi connectivity index (χ3v) is 11.7. The van der Waals surface area contributed by atoms with E-state index in [2.05, 4.69) is 9.99 Å². The van der Waals surface area contributed by atoms with Gasteiger partial charge in [-0.1, -0.05) is 6.92 Å². The molecular weight excluding hydrogens is 710 g/mol. The lowest BCUT2D eigenvalue weighted by molar-refractivity contribution is -0.385. The summed E-state index contributed by atoms with van der Waals surface area (Å²) in [5, 5.41) is 34.5. The van der Waals surface area contributed by atoms with E-state index < -0.39 is 40.0 Å². The number of amides is 2. The van der Waals surface area contributed by atoms with E-state index in [1.165, 1.54) is 65.2 Å². The lowest BCUT2D eigenvalue weighted by Crippen LogP contribution is -2.63. The first-order valence-electron chi connectivity index (χ1n) is 17.2. The average Bonchev–Trinajstić information content (AvgIpc) is 3.91. The highest BCUT2D eigenvalue weighted by Crippen LogP contribution is 2.52. The van der Waals surface area contributed by atoms with Crippen molar-refractivity contribution in [1.29, 1.82) is 0 Å². The molecule has 4 aliphatic rings. The number of hydrogen-bond donors (Lipinski definition) is 1. The number of benzene rings is 2. The Morgan fingerprint density at radius 1 is 1.02 bits per heavy atom. The predicted molar refractivity (Wildman–Crippen MR) is 189 cm³/mol. The molecule has 53 heavy (non-hydrogen) atoms. The van der Waals surface area contributed by atoms with Crippen molar-refractivity contribution in [2.24, 2.45) is 11.8 Å². The number of nitrogens with zero attached hydrogens (tertiary/aromatic N) is 7. The van der Waals surface area contributed by atoms with Crippen LogP contribution in [0.2, 0.25) is 0 Å². The van der Waals surface area contributed by atoms with E-state index >= 15 is 0 Å². The molecule has 0 unspecified atom stereocenters. The molecule has 6 atom stereocenters. The molecule has 17 nitrogen and oxygen atoms in total. The fraction of sp³-hybridized carbons (Fsp3) is 0.429. The Morgan fingerprint density at radius 3 is 2.25 bits per heavy atom. The number of rotatable bonds is 12. The largest absolute Gasteiger partial charge is 0.456 e. The molecule has 278 valence electrons. The van der Waals surface area contributed by atoms with Crippen LogP contribution in [0.1, 0.15) is 37.2 Å². The number of aromatic nitrogens is 2. The molecule has 18 heteroatoms. The van der Waals surface area contributed by atoms with Crippen molar-refractivity contribution in [3.63, 3.8) is 0 Å². The zero-order valence-corrected chi connectivity index (χ0v) is 29.7. The molecule has 5 heterocycles. The number of aliphatic hydroxyl groups is 1. The molecule has 2 aromatic carbocycles. The average molecular weight is 748 g/mol. The van der Waals surface area contributed by atoms with Crippen LogP contribution in [-0.4, -0.2) is 95.5 Å². The molecule has 1 aromatic heterocycles. The van der Waals surface area contributed by atoms with Gasteiger partial charge < -0.3 is 29.4 Å². The molecule has 0 bridgehead atoms. The topological polar surface area (TPSA) is 204 Å². The number of non-ortho nitro benzene ring substituents is 2. The molecule has 1 N–H and O–H groups in total. The van der Waals surface area contributed by atoms with Gasteiger partial charge in [-0.3, -0.25) is 25.0 Å². The number of hydrogen-bond acceptors (Lipinski definition) is 13. The van der Waals surface area contributed by atoms with Crippen LogP contribution in [0.4, 0.5) is 16.2 Å². The van der Waals surface area contributed by atoms with Crippen LogP contribution in [0.15, 0.2) is 71.5 Å². The van der Waals surface area contributed by atoms with Crippen LogP contribution in [-0.2, 0) is 38.7 Å². The summed E-state index contributed by atoms with van der Waals surface area (Å²) in [4.78, 5) is 70.0. The second kappa shape index (κ2) is 14.5. The molecule has 2 amide bonds. The van der Waals surface area contributed by atoms with Gasteiger partial charge in [-0.2, -0.15) is 0 Å². The summed E-state index contributed by atoms with van der Waals surface area (Å²) >= 11 is 1.42. The minimum Gasteiger partial charge on any atom is -0.456 e. The van der Waals surface area contributed by atoms with Crippen LogP contribution in [0, 0.1) is 32.1 Å². The van der Waals surface area contributed by atoms with E-state index in [4.69, 9.17) is 9.47 Å². The highest BCUT2D eigenvalue weighted by Gasteiger charge is 2.60. The van der Waals surface area contributed by atoms with Gasteiger partial charge in [0, 0.05) is 72.2 Å². The molecule has 2 fully saturated rings. The van der Waals surface area contributed by atoms with E-state index in [9.17, 15) is 39.7 Å². The van der Waals surface area contributed by atoms with Gasteiger partial charge in [-0.05, 0) is 48.7 Å². The first-order chi connectivity index (χ1) is 25.4. The van der Waals surface area contributed by atoms with E-state index in [1.807, 2.05) is 17.8 Å². The van der Waals surface area contributed by atoms with E-state index in [0.717, 1.165) is 18.8 Å². The Labute approximate surface area is 307 Å². The molecular formula is C35H37N7O10S. The molecule has 0 spiro atoms.